The number of nitrogens with one attached hydrogen (secondary N) is 1. The summed E-state index contributed by atoms with van der Waals surface area (Å²) in [6.45, 7) is -0.680. The molecule has 11 nitrogen and oxygen atoms in total. The Morgan fingerprint density at radius 2 is 1.55 bits per heavy atom. The van der Waals surface area contributed by atoms with E-state index in [1.807, 2.05) is 0 Å². The van der Waals surface area contributed by atoms with Crippen molar-refractivity contribution < 1.29 is 43.4 Å². The predicted octanol–water partition coefficient (Wildman–Crippen LogP) is 1.69. The smallest absolute Gasteiger partial charge is 0.387 e. The van der Waals surface area contributed by atoms with Crippen molar-refractivity contribution in [3.63, 3.8) is 0 Å². The van der Waals surface area contributed by atoms with Crippen molar-refractivity contribution >= 4 is 19.6 Å². The molecule has 4 unspecified atom stereocenters. The summed E-state index contributed by atoms with van der Waals surface area (Å²) >= 11 is 0. The van der Waals surface area contributed by atoms with Crippen molar-refractivity contribution in [2.24, 2.45) is 0 Å². The molecule has 2 fully saturated rings. The van der Waals surface area contributed by atoms with Crippen LogP contribution in [0.1, 0.15) is 70.6 Å². The van der Waals surface area contributed by atoms with Crippen LogP contribution in [-0.4, -0.2) is 73.4 Å². The molecule has 1 saturated heterocycles. The largest absolute Gasteiger partial charge is 0.469 e. The van der Waals surface area contributed by atoms with Gasteiger partial charge in [-0.3, -0.25) is 14.2 Å². The molecule has 2 aliphatic heterocycles. The lowest BCUT2D eigenvalue weighted by Crippen LogP contribution is -2.57. The Morgan fingerprint density at radius 1 is 1.00 bits per heavy atom. The third kappa shape index (κ3) is 6.85. The summed E-state index contributed by atoms with van der Waals surface area (Å²) < 4.78 is 20.8. The molecule has 0 aromatic carbocycles. The molecule has 0 radical (unpaired) electrons. The third-order valence-corrected chi connectivity index (χ3v) is 7.15. The van der Waals surface area contributed by atoms with Crippen LogP contribution < -0.4 is 5.32 Å². The lowest BCUT2D eigenvalue weighted by Gasteiger charge is -2.34. The standard InChI is InChI=1S/C21H35N2O9P/c24-16-10-13-23(19-18(26)17(25)15(32-19)14-31-33(28,29)30)20(27)22-21(16)11-8-6-4-2-1-3-5-7-9-12-21/h10,13,15,17-19,25-26H,1-9,11-12,14H2,(H,22,27)(H2,28,29,30). The number of phosphoric ester groups is 1. The van der Waals surface area contributed by atoms with E-state index in [-0.39, 0.29) is 5.78 Å². The number of carbonyl (C=O) groups is 2. The second-order valence-corrected chi connectivity index (χ2v) is 10.4. The first-order chi connectivity index (χ1) is 15.6. The summed E-state index contributed by atoms with van der Waals surface area (Å²) in [6, 6.07) is -0.642. The Bertz CT molecular complexity index is 759. The van der Waals surface area contributed by atoms with Gasteiger partial charge in [-0.05, 0) is 12.8 Å². The Balaban J connectivity index is 1.72. The SMILES string of the molecule is O=C1NC2(CCCCCCCCCCC2)C(=O)C=CN1C1OC(COP(=O)(O)O)C(O)C1O. The highest BCUT2D eigenvalue weighted by molar-refractivity contribution is 7.46. The van der Waals surface area contributed by atoms with Crippen molar-refractivity contribution in [3.8, 4) is 0 Å². The number of nitrogens with zero attached hydrogens (tertiary/aromatic N) is 1. The molecule has 33 heavy (non-hydrogen) atoms. The van der Waals surface area contributed by atoms with Gasteiger partial charge in [-0.15, -0.1) is 0 Å². The quantitative estimate of drug-likeness (QED) is 0.369. The minimum absolute atomic E-state index is 0.218. The topological polar surface area (TPSA) is 166 Å². The summed E-state index contributed by atoms with van der Waals surface area (Å²) in [5.74, 6) is -0.218. The molecule has 4 atom stereocenters. The molecule has 3 aliphatic rings. The normalized spacial score (nSPS) is 32.2. The molecule has 0 aromatic rings. The molecule has 1 spiro atoms. The predicted molar refractivity (Wildman–Crippen MR) is 117 cm³/mol. The van der Waals surface area contributed by atoms with E-state index in [1.165, 1.54) is 31.5 Å². The summed E-state index contributed by atoms with van der Waals surface area (Å²) in [6.07, 6.45) is 7.19. The van der Waals surface area contributed by atoms with E-state index < -0.39 is 50.5 Å². The number of ketones is 1. The van der Waals surface area contributed by atoms with Crippen LogP contribution in [0.5, 0.6) is 0 Å². The Labute approximate surface area is 193 Å². The number of carbonyl (C=O) groups excluding carboxylic acids is 2. The lowest BCUT2D eigenvalue weighted by atomic mass is 9.82. The molecular weight excluding hydrogens is 455 g/mol. The summed E-state index contributed by atoms with van der Waals surface area (Å²) in [4.78, 5) is 45.1. The number of amides is 2. The minimum Gasteiger partial charge on any atom is -0.387 e. The fraction of sp³-hybridized carbons (Fsp3) is 0.810. The van der Waals surface area contributed by atoms with Gasteiger partial charge in [0.05, 0.1) is 6.61 Å². The van der Waals surface area contributed by atoms with Gasteiger partial charge in [-0.2, -0.15) is 0 Å². The van der Waals surface area contributed by atoms with Crippen LogP contribution in [-0.2, 0) is 18.6 Å². The van der Waals surface area contributed by atoms with E-state index in [1.54, 1.807) is 0 Å². The molecule has 5 N–H and O–H groups in total. The Kier molecular flexibility index (Phi) is 9.08. The van der Waals surface area contributed by atoms with Gasteiger partial charge in [-0.1, -0.05) is 57.8 Å². The van der Waals surface area contributed by atoms with E-state index in [9.17, 15) is 24.4 Å². The Morgan fingerprint density at radius 3 is 2.09 bits per heavy atom. The van der Waals surface area contributed by atoms with Gasteiger partial charge in [0.1, 0.15) is 23.9 Å². The van der Waals surface area contributed by atoms with E-state index in [0.29, 0.717) is 12.8 Å². The molecular formula is C21H35N2O9P. The van der Waals surface area contributed by atoms with Crippen molar-refractivity contribution in [3.05, 3.63) is 12.3 Å². The summed E-state index contributed by atoms with van der Waals surface area (Å²) in [5, 5.41) is 23.5. The summed E-state index contributed by atoms with van der Waals surface area (Å²) in [5.41, 5.74) is -1.04. The first kappa shape index (κ1) is 26.3. The number of urea groups is 1. The lowest BCUT2D eigenvalue weighted by molar-refractivity contribution is -0.121. The van der Waals surface area contributed by atoms with E-state index in [2.05, 4.69) is 9.84 Å². The van der Waals surface area contributed by atoms with Crippen LogP contribution in [0.2, 0.25) is 0 Å². The van der Waals surface area contributed by atoms with Crippen molar-refractivity contribution in [1.82, 2.24) is 10.2 Å². The first-order valence-corrected chi connectivity index (χ1v) is 13.2. The molecule has 12 heteroatoms. The molecule has 3 rings (SSSR count). The first-order valence-electron chi connectivity index (χ1n) is 11.7. The van der Waals surface area contributed by atoms with E-state index in [4.69, 9.17) is 14.5 Å². The van der Waals surface area contributed by atoms with Gasteiger partial charge in [0, 0.05) is 12.3 Å². The van der Waals surface area contributed by atoms with Crippen LogP contribution in [0, 0.1) is 0 Å². The fourth-order valence-electron chi connectivity index (χ4n) is 4.76. The van der Waals surface area contributed by atoms with Crippen LogP contribution in [0.25, 0.3) is 0 Å². The average Bonchev–Trinajstić information content (AvgIpc) is 2.95. The molecule has 1 aliphatic carbocycles. The molecule has 1 saturated carbocycles. The van der Waals surface area contributed by atoms with Gasteiger partial charge in [-0.25, -0.2) is 9.36 Å². The van der Waals surface area contributed by atoms with Gasteiger partial charge in [0.2, 0.25) is 0 Å². The maximum atomic E-state index is 13.2. The molecule has 0 bridgehead atoms. The molecule has 0 aromatic heterocycles. The zero-order chi connectivity index (χ0) is 24.1. The number of rotatable bonds is 4. The van der Waals surface area contributed by atoms with E-state index >= 15 is 0 Å². The second-order valence-electron chi connectivity index (χ2n) is 9.11. The molecule has 188 valence electrons. The minimum atomic E-state index is -4.81. The maximum absolute atomic E-state index is 13.2. The van der Waals surface area contributed by atoms with Crippen molar-refractivity contribution in [2.45, 2.75) is 101 Å². The van der Waals surface area contributed by atoms with Crippen LogP contribution in [0.3, 0.4) is 0 Å². The number of aliphatic hydroxyl groups excluding tert-OH is 2. The highest BCUT2D eigenvalue weighted by atomic mass is 31.2. The van der Waals surface area contributed by atoms with Gasteiger partial charge in [0.15, 0.2) is 12.0 Å². The monoisotopic (exact) mass is 490 g/mol. The fourth-order valence-corrected chi connectivity index (χ4v) is 5.10. The number of phosphoric acid groups is 1. The van der Waals surface area contributed by atoms with Crippen LogP contribution in [0.15, 0.2) is 12.3 Å². The van der Waals surface area contributed by atoms with Crippen LogP contribution >= 0.6 is 7.82 Å². The third-order valence-electron chi connectivity index (χ3n) is 6.66. The van der Waals surface area contributed by atoms with Crippen molar-refractivity contribution in [1.29, 1.82) is 0 Å². The van der Waals surface area contributed by atoms with Gasteiger partial charge >= 0.3 is 13.9 Å². The number of hydrogen-bond acceptors (Lipinski definition) is 7. The van der Waals surface area contributed by atoms with Crippen LogP contribution in [0.4, 0.5) is 4.79 Å². The second kappa shape index (κ2) is 11.4. The average molecular weight is 490 g/mol. The molecule has 2 heterocycles. The van der Waals surface area contributed by atoms with E-state index in [0.717, 1.165) is 43.4 Å². The maximum Gasteiger partial charge on any atom is 0.469 e. The highest BCUT2D eigenvalue weighted by Gasteiger charge is 2.49. The zero-order valence-electron chi connectivity index (χ0n) is 18.7. The summed E-state index contributed by atoms with van der Waals surface area (Å²) in [7, 11) is -4.81. The Hall–Kier alpha value is -1.33. The molecule has 2 amide bonds. The number of hydrogen-bond donors (Lipinski definition) is 5. The van der Waals surface area contributed by atoms with Crippen molar-refractivity contribution in [2.75, 3.05) is 6.61 Å². The van der Waals surface area contributed by atoms with Gasteiger partial charge < -0.3 is 30.1 Å². The zero-order valence-corrected chi connectivity index (χ0v) is 19.6. The number of aliphatic hydroxyl groups is 2. The van der Waals surface area contributed by atoms with Gasteiger partial charge in [0.25, 0.3) is 0 Å². The highest BCUT2D eigenvalue weighted by Crippen LogP contribution is 2.38. The number of ether oxygens (including phenoxy) is 1.